The van der Waals surface area contributed by atoms with Crippen LogP contribution >= 0.6 is 0 Å². The number of benzene rings is 1. The van der Waals surface area contributed by atoms with E-state index in [4.69, 9.17) is 4.74 Å². The Hall–Kier alpha value is -1.48. The molecular formula is C19H29N3O4S. The first kappa shape index (κ1) is 20.3. The summed E-state index contributed by atoms with van der Waals surface area (Å²) >= 11 is 0. The van der Waals surface area contributed by atoms with Gasteiger partial charge >= 0.3 is 0 Å². The molecule has 7 nitrogen and oxygen atoms in total. The van der Waals surface area contributed by atoms with Gasteiger partial charge in [0, 0.05) is 39.3 Å². The number of nitrogens with zero attached hydrogens (tertiary/aromatic N) is 3. The Balaban J connectivity index is 1.59. The van der Waals surface area contributed by atoms with E-state index < -0.39 is 10.0 Å². The number of amides is 1. The third kappa shape index (κ3) is 4.51. The van der Waals surface area contributed by atoms with Crippen molar-refractivity contribution in [3.8, 4) is 0 Å². The van der Waals surface area contributed by atoms with Crippen LogP contribution in [0.5, 0.6) is 0 Å². The Morgan fingerprint density at radius 2 is 1.59 bits per heavy atom. The van der Waals surface area contributed by atoms with E-state index in [-0.39, 0.29) is 24.2 Å². The fourth-order valence-corrected chi connectivity index (χ4v) is 5.29. The van der Waals surface area contributed by atoms with Gasteiger partial charge in [-0.1, -0.05) is 18.2 Å². The lowest BCUT2D eigenvalue weighted by atomic mass is 10.1. The molecule has 0 N–H and O–H groups in total. The topological polar surface area (TPSA) is 70.2 Å². The van der Waals surface area contributed by atoms with Gasteiger partial charge < -0.3 is 9.64 Å². The SMILES string of the molecule is C[C@@H]1CN([C@@H](C)C(=O)N2CCN(S(=O)(=O)c3ccccc3)CC2)C[C@@H](C)O1. The first-order chi connectivity index (χ1) is 12.8. The second kappa shape index (κ2) is 8.26. The van der Waals surface area contributed by atoms with Gasteiger partial charge in [-0.3, -0.25) is 9.69 Å². The predicted octanol–water partition coefficient (Wildman–Crippen LogP) is 1.02. The second-order valence-corrected chi connectivity index (χ2v) is 9.37. The maximum absolute atomic E-state index is 12.9. The largest absolute Gasteiger partial charge is 0.373 e. The van der Waals surface area contributed by atoms with Crippen LogP contribution in [0.25, 0.3) is 0 Å². The predicted molar refractivity (Wildman–Crippen MR) is 103 cm³/mol. The Bertz CT molecular complexity index is 737. The number of rotatable bonds is 4. The zero-order chi connectivity index (χ0) is 19.6. The van der Waals surface area contributed by atoms with Crippen molar-refractivity contribution >= 4 is 15.9 Å². The molecule has 2 aliphatic heterocycles. The zero-order valence-corrected chi connectivity index (χ0v) is 17.1. The standard InChI is InChI=1S/C19H29N3O4S/c1-15-13-21(14-16(2)26-15)17(3)19(23)20-9-11-22(12-10-20)27(24,25)18-7-5-4-6-8-18/h4-8,15-17H,9-14H2,1-3H3/t15-,16-,17+/m1/s1. The molecule has 0 unspecified atom stereocenters. The molecule has 2 aliphatic rings. The van der Waals surface area contributed by atoms with Gasteiger partial charge in [0.15, 0.2) is 0 Å². The average Bonchev–Trinajstić information content (AvgIpc) is 2.67. The average molecular weight is 396 g/mol. The molecule has 2 saturated heterocycles. The molecule has 0 aliphatic carbocycles. The summed E-state index contributed by atoms with van der Waals surface area (Å²) in [5, 5.41) is 0. The minimum absolute atomic E-state index is 0.0630. The number of hydrogen-bond donors (Lipinski definition) is 0. The summed E-state index contributed by atoms with van der Waals surface area (Å²) in [6, 6.07) is 8.23. The van der Waals surface area contributed by atoms with Crippen molar-refractivity contribution in [3.05, 3.63) is 30.3 Å². The van der Waals surface area contributed by atoms with Crippen LogP contribution in [-0.2, 0) is 19.6 Å². The lowest BCUT2D eigenvalue weighted by Gasteiger charge is -2.41. The van der Waals surface area contributed by atoms with Gasteiger partial charge in [-0.05, 0) is 32.9 Å². The number of hydrogen-bond acceptors (Lipinski definition) is 5. The van der Waals surface area contributed by atoms with Crippen LogP contribution in [-0.4, -0.2) is 85.9 Å². The molecule has 150 valence electrons. The number of piperazine rings is 1. The Morgan fingerprint density at radius 1 is 1.04 bits per heavy atom. The third-order valence-electron chi connectivity index (χ3n) is 5.28. The number of carbonyl (C=O) groups is 1. The van der Waals surface area contributed by atoms with Gasteiger partial charge in [0.25, 0.3) is 0 Å². The molecule has 1 aromatic rings. The van der Waals surface area contributed by atoms with E-state index in [0.717, 1.165) is 13.1 Å². The van der Waals surface area contributed by atoms with Gasteiger partial charge in [0.05, 0.1) is 23.1 Å². The molecule has 2 heterocycles. The monoisotopic (exact) mass is 395 g/mol. The van der Waals surface area contributed by atoms with Crippen LogP contribution in [0.3, 0.4) is 0 Å². The van der Waals surface area contributed by atoms with E-state index in [2.05, 4.69) is 4.90 Å². The van der Waals surface area contributed by atoms with Crippen molar-refractivity contribution in [2.45, 2.75) is 43.9 Å². The van der Waals surface area contributed by atoms with Crippen LogP contribution in [0.15, 0.2) is 35.2 Å². The second-order valence-electron chi connectivity index (χ2n) is 7.43. The molecule has 1 aromatic carbocycles. The highest BCUT2D eigenvalue weighted by Gasteiger charge is 2.35. The maximum Gasteiger partial charge on any atom is 0.243 e. The quantitative estimate of drug-likeness (QED) is 0.761. The fraction of sp³-hybridized carbons (Fsp3) is 0.632. The highest BCUT2D eigenvalue weighted by atomic mass is 32.2. The van der Waals surface area contributed by atoms with Crippen molar-refractivity contribution in [2.75, 3.05) is 39.3 Å². The Labute approximate surface area is 161 Å². The molecule has 0 spiro atoms. The maximum atomic E-state index is 12.9. The van der Waals surface area contributed by atoms with Gasteiger partial charge in [-0.25, -0.2) is 8.42 Å². The summed E-state index contributed by atoms with van der Waals surface area (Å²) in [7, 11) is -3.50. The molecule has 3 atom stereocenters. The van der Waals surface area contributed by atoms with E-state index in [1.807, 2.05) is 20.8 Å². The molecular weight excluding hydrogens is 366 g/mol. The molecule has 3 rings (SSSR count). The van der Waals surface area contributed by atoms with Crippen molar-refractivity contribution < 1.29 is 17.9 Å². The van der Waals surface area contributed by atoms with E-state index in [0.29, 0.717) is 31.1 Å². The van der Waals surface area contributed by atoms with E-state index in [9.17, 15) is 13.2 Å². The van der Waals surface area contributed by atoms with Gasteiger partial charge in [-0.15, -0.1) is 0 Å². The van der Waals surface area contributed by atoms with Crippen LogP contribution in [0, 0.1) is 0 Å². The Morgan fingerprint density at radius 3 is 2.15 bits per heavy atom. The van der Waals surface area contributed by atoms with E-state index in [1.54, 1.807) is 35.2 Å². The number of morpholine rings is 1. The zero-order valence-electron chi connectivity index (χ0n) is 16.2. The first-order valence-corrected chi connectivity index (χ1v) is 11.0. The van der Waals surface area contributed by atoms with Crippen molar-refractivity contribution in [3.63, 3.8) is 0 Å². The molecule has 2 fully saturated rings. The summed E-state index contributed by atoms with van der Waals surface area (Å²) in [5.41, 5.74) is 0. The minimum Gasteiger partial charge on any atom is -0.373 e. The van der Waals surface area contributed by atoms with Crippen LogP contribution < -0.4 is 0 Å². The van der Waals surface area contributed by atoms with E-state index in [1.165, 1.54) is 4.31 Å². The fourth-order valence-electron chi connectivity index (χ4n) is 3.84. The first-order valence-electron chi connectivity index (χ1n) is 9.52. The van der Waals surface area contributed by atoms with E-state index >= 15 is 0 Å². The molecule has 0 aromatic heterocycles. The van der Waals surface area contributed by atoms with Crippen LogP contribution in [0.1, 0.15) is 20.8 Å². The summed E-state index contributed by atoms with van der Waals surface area (Å²) in [5.74, 6) is 0.0630. The summed E-state index contributed by atoms with van der Waals surface area (Å²) in [6.45, 7) is 8.94. The normalized spacial score (nSPS) is 26.7. The summed E-state index contributed by atoms with van der Waals surface area (Å²) in [6.07, 6.45) is 0.216. The van der Waals surface area contributed by atoms with Crippen molar-refractivity contribution in [1.29, 1.82) is 0 Å². The molecule has 8 heteroatoms. The number of carbonyl (C=O) groups excluding carboxylic acids is 1. The van der Waals surface area contributed by atoms with Crippen LogP contribution in [0.4, 0.5) is 0 Å². The highest BCUT2D eigenvalue weighted by Crippen LogP contribution is 2.19. The van der Waals surface area contributed by atoms with Crippen molar-refractivity contribution in [2.24, 2.45) is 0 Å². The van der Waals surface area contributed by atoms with Crippen molar-refractivity contribution in [1.82, 2.24) is 14.1 Å². The molecule has 1 amide bonds. The molecule has 0 bridgehead atoms. The molecule has 27 heavy (non-hydrogen) atoms. The van der Waals surface area contributed by atoms with Gasteiger partial charge in [-0.2, -0.15) is 4.31 Å². The Kier molecular flexibility index (Phi) is 6.20. The number of sulfonamides is 1. The molecule has 0 radical (unpaired) electrons. The smallest absolute Gasteiger partial charge is 0.243 e. The molecule has 0 saturated carbocycles. The highest BCUT2D eigenvalue weighted by molar-refractivity contribution is 7.89. The van der Waals surface area contributed by atoms with Gasteiger partial charge in [0.1, 0.15) is 0 Å². The summed E-state index contributed by atoms with van der Waals surface area (Å²) < 4.78 is 32.6. The lowest BCUT2D eigenvalue weighted by molar-refractivity contribution is -0.143. The number of ether oxygens (including phenoxy) is 1. The lowest BCUT2D eigenvalue weighted by Crippen LogP contribution is -2.58. The summed E-state index contributed by atoms with van der Waals surface area (Å²) in [4.78, 5) is 17.2. The van der Waals surface area contributed by atoms with Crippen LogP contribution in [0.2, 0.25) is 0 Å². The minimum atomic E-state index is -3.50. The van der Waals surface area contributed by atoms with Gasteiger partial charge in [0.2, 0.25) is 15.9 Å². The third-order valence-corrected chi connectivity index (χ3v) is 7.20.